The smallest absolute Gasteiger partial charge is 0.100 e. The highest BCUT2D eigenvalue weighted by atomic mass is 35.5. The molecule has 2 nitrogen and oxygen atoms in total. The van der Waals surface area contributed by atoms with Crippen molar-refractivity contribution in [2.45, 2.75) is 6.10 Å². The molecule has 0 unspecified atom stereocenters. The summed E-state index contributed by atoms with van der Waals surface area (Å²) in [7, 11) is 0. The fraction of sp³-hybridized carbons (Fsp3) is 0.300. The zero-order valence-electron chi connectivity index (χ0n) is 7.11. The molecule has 0 N–H and O–H groups in total. The van der Waals surface area contributed by atoms with Gasteiger partial charge in [-0.3, -0.25) is 4.99 Å². The van der Waals surface area contributed by atoms with Crippen molar-refractivity contribution in [2.24, 2.45) is 4.99 Å². The van der Waals surface area contributed by atoms with Crippen LogP contribution in [0.5, 0.6) is 0 Å². The summed E-state index contributed by atoms with van der Waals surface area (Å²) in [6.45, 7) is 1.63. The predicted molar refractivity (Wildman–Crippen MR) is 53.7 cm³/mol. The van der Waals surface area contributed by atoms with Crippen molar-refractivity contribution in [1.82, 2.24) is 0 Å². The summed E-state index contributed by atoms with van der Waals surface area (Å²) in [4.78, 5) is 4.24. The lowest BCUT2D eigenvalue weighted by Crippen LogP contribution is -1.91. The summed E-state index contributed by atoms with van der Waals surface area (Å²) in [6.07, 6.45) is 2.21. The third-order valence-corrected chi connectivity index (χ3v) is 2.07. The second-order valence-corrected chi connectivity index (χ2v) is 3.44. The van der Waals surface area contributed by atoms with Crippen molar-refractivity contribution < 1.29 is 4.74 Å². The average molecular weight is 196 g/mol. The molecule has 1 saturated heterocycles. The number of aliphatic imine (C=N–C) groups is 1. The molecule has 0 spiro atoms. The Balaban J connectivity index is 1.92. The van der Waals surface area contributed by atoms with Crippen LogP contribution in [0, 0.1) is 0 Å². The standard InChI is InChI=1S/C10H10ClNO/c11-9-3-1-8(2-4-9)5-12-6-10-7-13-10/h1-5,10H,6-7H2/b12-5+/t10-/m0/s1. The van der Waals surface area contributed by atoms with E-state index in [9.17, 15) is 0 Å². The van der Waals surface area contributed by atoms with E-state index < -0.39 is 0 Å². The minimum Gasteiger partial charge on any atom is -0.371 e. The van der Waals surface area contributed by atoms with E-state index in [1.807, 2.05) is 30.5 Å². The third kappa shape index (κ3) is 2.83. The monoisotopic (exact) mass is 195 g/mol. The summed E-state index contributed by atoms with van der Waals surface area (Å²) >= 11 is 5.74. The highest BCUT2D eigenvalue weighted by molar-refractivity contribution is 6.30. The van der Waals surface area contributed by atoms with Crippen molar-refractivity contribution >= 4 is 17.8 Å². The van der Waals surface area contributed by atoms with E-state index in [0.29, 0.717) is 6.10 Å². The first kappa shape index (κ1) is 8.73. The molecular formula is C10H10ClNO. The Bertz CT molecular complexity index is 303. The largest absolute Gasteiger partial charge is 0.371 e. The van der Waals surface area contributed by atoms with Gasteiger partial charge in [-0.2, -0.15) is 0 Å². The minimum absolute atomic E-state index is 0.364. The molecule has 1 heterocycles. The summed E-state index contributed by atoms with van der Waals surface area (Å²) in [5.74, 6) is 0. The van der Waals surface area contributed by atoms with Crippen LogP contribution >= 0.6 is 11.6 Å². The Hall–Kier alpha value is -0.860. The maximum atomic E-state index is 5.74. The van der Waals surface area contributed by atoms with Gasteiger partial charge in [0, 0.05) is 11.2 Å². The first-order chi connectivity index (χ1) is 6.34. The van der Waals surface area contributed by atoms with E-state index in [4.69, 9.17) is 16.3 Å². The van der Waals surface area contributed by atoms with Gasteiger partial charge in [0.1, 0.15) is 6.10 Å². The Morgan fingerprint density at radius 1 is 1.46 bits per heavy atom. The van der Waals surface area contributed by atoms with Gasteiger partial charge in [-0.25, -0.2) is 0 Å². The molecule has 1 aliphatic heterocycles. The summed E-state index contributed by atoms with van der Waals surface area (Å²) < 4.78 is 5.03. The lowest BCUT2D eigenvalue weighted by atomic mass is 10.2. The lowest BCUT2D eigenvalue weighted by molar-refractivity contribution is 0.413. The van der Waals surface area contributed by atoms with Crippen LogP contribution in [-0.4, -0.2) is 25.5 Å². The van der Waals surface area contributed by atoms with Gasteiger partial charge >= 0.3 is 0 Å². The Kier molecular flexibility index (Phi) is 2.62. The maximum absolute atomic E-state index is 5.74. The Morgan fingerprint density at radius 2 is 2.15 bits per heavy atom. The van der Waals surface area contributed by atoms with Gasteiger partial charge in [0.25, 0.3) is 0 Å². The van der Waals surface area contributed by atoms with Crippen molar-refractivity contribution in [3.8, 4) is 0 Å². The first-order valence-electron chi connectivity index (χ1n) is 4.21. The molecule has 13 heavy (non-hydrogen) atoms. The quantitative estimate of drug-likeness (QED) is 0.536. The van der Waals surface area contributed by atoms with E-state index in [2.05, 4.69) is 4.99 Å². The fourth-order valence-electron chi connectivity index (χ4n) is 0.998. The van der Waals surface area contributed by atoms with Crippen molar-refractivity contribution in [3.63, 3.8) is 0 Å². The van der Waals surface area contributed by atoms with Crippen LogP contribution in [-0.2, 0) is 4.74 Å². The molecule has 0 bridgehead atoms. The molecular weight excluding hydrogens is 186 g/mol. The van der Waals surface area contributed by atoms with E-state index in [1.54, 1.807) is 0 Å². The molecule has 3 heteroatoms. The van der Waals surface area contributed by atoms with Crippen LogP contribution in [0.3, 0.4) is 0 Å². The zero-order chi connectivity index (χ0) is 9.10. The number of hydrogen-bond acceptors (Lipinski definition) is 2. The molecule has 2 rings (SSSR count). The molecule has 0 saturated carbocycles. The van der Waals surface area contributed by atoms with Gasteiger partial charge < -0.3 is 4.74 Å². The molecule has 0 aliphatic carbocycles. The lowest BCUT2D eigenvalue weighted by Gasteiger charge is -1.92. The number of halogens is 1. The number of epoxide rings is 1. The Morgan fingerprint density at radius 3 is 2.77 bits per heavy atom. The number of rotatable bonds is 3. The number of nitrogens with zero attached hydrogens (tertiary/aromatic N) is 1. The summed E-state index contributed by atoms with van der Waals surface area (Å²) in [6, 6.07) is 7.60. The van der Waals surface area contributed by atoms with Crippen LogP contribution in [0.2, 0.25) is 5.02 Å². The first-order valence-corrected chi connectivity index (χ1v) is 4.59. The number of ether oxygens (including phenoxy) is 1. The number of hydrogen-bond donors (Lipinski definition) is 0. The van der Waals surface area contributed by atoms with Crippen LogP contribution in [0.15, 0.2) is 29.3 Å². The highest BCUT2D eigenvalue weighted by Gasteiger charge is 2.20. The molecule has 0 radical (unpaired) electrons. The van der Waals surface area contributed by atoms with Gasteiger partial charge in [-0.1, -0.05) is 23.7 Å². The SMILES string of the molecule is Clc1ccc(/C=N/C[C@H]2CO2)cc1. The van der Waals surface area contributed by atoms with Crippen LogP contribution in [0.1, 0.15) is 5.56 Å². The maximum Gasteiger partial charge on any atom is 0.100 e. The van der Waals surface area contributed by atoms with Gasteiger partial charge in [-0.15, -0.1) is 0 Å². The second kappa shape index (κ2) is 3.90. The third-order valence-electron chi connectivity index (χ3n) is 1.82. The predicted octanol–water partition coefficient (Wildman–Crippen LogP) is 2.16. The zero-order valence-corrected chi connectivity index (χ0v) is 7.87. The van der Waals surface area contributed by atoms with Crippen LogP contribution < -0.4 is 0 Å². The van der Waals surface area contributed by atoms with Crippen molar-refractivity contribution in [3.05, 3.63) is 34.9 Å². The van der Waals surface area contributed by atoms with Gasteiger partial charge in [0.15, 0.2) is 0 Å². The molecule has 1 aliphatic rings. The molecule has 0 amide bonds. The van der Waals surface area contributed by atoms with Crippen molar-refractivity contribution in [2.75, 3.05) is 13.2 Å². The molecule has 0 aromatic heterocycles. The van der Waals surface area contributed by atoms with E-state index in [1.165, 1.54) is 0 Å². The van der Waals surface area contributed by atoms with Crippen LogP contribution in [0.4, 0.5) is 0 Å². The molecule has 1 fully saturated rings. The topological polar surface area (TPSA) is 24.9 Å². The summed E-state index contributed by atoms with van der Waals surface area (Å²) in [5.41, 5.74) is 1.07. The average Bonchev–Trinajstić information content (AvgIpc) is 2.92. The fourth-order valence-corrected chi connectivity index (χ4v) is 1.12. The number of benzene rings is 1. The van der Waals surface area contributed by atoms with Crippen molar-refractivity contribution in [1.29, 1.82) is 0 Å². The molecule has 68 valence electrons. The van der Waals surface area contributed by atoms with E-state index >= 15 is 0 Å². The highest BCUT2D eigenvalue weighted by Crippen LogP contribution is 2.10. The molecule has 1 atom stereocenters. The van der Waals surface area contributed by atoms with E-state index in [0.717, 1.165) is 23.7 Å². The van der Waals surface area contributed by atoms with Crippen LogP contribution in [0.25, 0.3) is 0 Å². The van der Waals surface area contributed by atoms with E-state index in [-0.39, 0.29) is 0 Å². The normalized spacial score (nSPS) is 20.8. The molecule has 1 aromatic rings. The molecule has 1 aromatic carbocycles. The summed E-state index contributed by atoms with van der Waals surface area (Å²) in [5, 5.41) is 0.752. The minimum atomic E-state index is 0.364. The second-order valence-electron chi connectivity index (χ2n) is 3.00. The van der Waals surface area contributed by atoms with Gasteiger partial charge in [0.2, 0.25) is 0 Å². The Labute approximate surface area is 82.2 Å². The van der Waals surface area contributed by atoms with Gasteiger partial charge in [-0.05, 0) is 17.7 Å². The van der Waals surface area contributed by atoms with Gasteiger partial charge in [0.05, 0.1) is 13.2 Å².